The normalized spacial score (nSPS) is 20.9. The summed E-state index contributed by atoms with van der Waals surface area (Å²) >= 11 is 1.78. The molecule has 16 heavy (non-hydrogen) atoms. The minimum Gasteiger partial charge on any atom is -0.369 e. The number of ether oxygens (including phenoxy) is 1. The Bertz CT molecular complexity index is 359. The molecule has 0 bridgehead atoms. The maximum absolute atomic E-state index is 11.9. The second-order valence-corrected chi connectivity index (χ2v) is 4.93. The van der Waals surface area contributed by atoms with Gasteiger partial charge in [0.15, 0.2) is 5.78 Å². The number of ketones is 1. The highest BCUT2D eigenvalue weighted by molar-refractivity contribution is 7.99. The molecule has 0 amide bonds. The van der Waals surface area contributed by atoms with Gasteiger partial charge in [-0.05, 0) is 12.5 Å². The maximum Gasteiger partial charge on any atom is 0.166 e. The number of hydrogen-bond acceptors (Lipinski definition) is 4. The molecular weight excluding hydrogens is 224 g/mol. The van der Waals surface area contributed by atoms with Gasteiger partial charge in [-0.25, -0.2) is 0 Å². The average molecular weight is 240 g/mol. The molecule has 0 aliphatic carbocycles. The van der Waals surface area contributed by atoms with Gasteiger partial charge in [0.1, 0.15) is 6.10 Å². The zero-order valence-corrected chi connectivity index (χ0v) is 10.2. The largest absolute Gasteiger partial charge is 0.369 e. The fourth-order valence-corrected chi connectivity index (χ4v) is 2.54. The summed E-state index contributed by atoms with van der Waals surface area (Å²) in [4.78, 5) is 11.9. The van der Waals surface area contributed by atoms with Gasteiger partial charge < -0.3 is 4.74 Å². The van der Waals surface area contributed by atoms with E-state index in [1.54, 1.807) is 18.0 Å². The predicted octanol–water partition coefficient (Wildman–Crippen LogP) is 1.15. The molecular formula is C11H16N2O2S. The van der Waals surface area contributed by atoms with Crippen molar-refractivity contribution < 1.29 is 9.53 Å². The lowest BCUT2D eigenvalue weighted by molar-refractivity contribution is -0.128. The molecule has 1 aromatic heterocycles. The molecule has 1 atom stereocenters. The first-order valence-corrected chi connectivity index (χ1v) is 6.68. The number of carbonyl (C=O) groups is 1. The van der Waals surface area contributed by atoms with Crippen molar-refractivity contribution in [2.24, 2.45) is 0 Å². The lowest BCUT2D eigenvalue weighted by atomic mass is 10.1. The standard InChI is InChI=1S/C11H16N2O2S/c1-2-13-7-9(6-12-13)5-10(14)11-8-16-4-3-15-11/h6-7,11H,2-5,8H2,1H3. The monoisotopic (exact) mass is 240 g/mol. The predicted molar refractivity (Wildman–Crippen MR) is 63.7 cm³/mol. The van der Waals surface area contributed by atoms with Crippen molar-refractivity contribution in [3.05, 3.63) is 18.0 Å². The Labute approximate surface area is 99.4 Å². The minimum atomic E-state index is -0.219. The highest BCUT2D eigenvalue weighted by atomic mass is 32.2. The van der Waals surface area contributed by atoms with Crippen LogP contribution in [-0.2, 0) is 22.5 Å². The third-order valence-electron chi connectivity index (χ3n) is 2.56. The summed E-state index contributed by atoms with van der Waals surface area (Å²) in [7, 11) is 0. The number of rotatable bonds is 4. The summed E-state index contributed by atoms with van der Waals surface area (Å²) in [5.74, 6) is 1.96. The molecule has 5 heteroatoms. The van der Waals surface area contributed by atoms with Crippen LogP contribution in [0.25, 0.3) is 0 Å². The summed E-state index contributed by atoms with van der Waals surface area (Å²) in [5, 5.41) is 4.15. The quantitative estimate of drug-likeness (QED) is 0.792. The highest BCUT2D eigenvalue weighted by Gasteiger charge is 2.22. The van der Waals surface area contributed by atoms with Crippen molar-refractivity contribution >= 4 is 17.5 Å². The van der Waals surface area contributed by atoms with E-state index in [0.717, 1.165) is 23.6 Å². The first-order valence-electron chi connectivity index (χ1n) is 5.53. The molecule has 0 aromatic carbocycles. The van der Waals surface area contributed by atoms with Gasteiger partial charge in [0.05, 0.1) is 12.8 Å². The summed E-state index contributed by atoms with van der Waals surface area (Å²) in [6, 6.07) is 0. The van der Waals surface area contributed by atoms with Crippen LogP contribution < -0.4 is 0 Å². The van der Waals surface area contributed by atoms with Gasteiger partial charge in [-0.15, -0.1) is 0 Å². The van der Waals surface area contributed by atoms with Gasteiger partial charge >= 0.3 is 0 Å². The van der Waals surface area contributed by atoms with E-state index in [1.165, 1.54) is 0 Å². The zero-order chi connectivity index (χ0) is 11.4. The summed E-state index contributed by atoms with van der Waals surface area (Å²) in [6.07, 6.45) is 3.90. The van der Waals surface area contributed by atoms with Gasteiger partial charge in [0.25, 0.3) is 0 Å². The van der Waals surface area contributed by atoms with E-state index >= 15 is 0 Å². The lowest BCUT2D eigenvalue weighted by Crippen LogP contribution is -2.32. The second kappa shape index (κ2) is 5.50. The summed E-state index contributed by atoms with van der Waals surface area (Å²) in [5.41, 5.74) is 0.978. The van der Waals surface area contributed by atoms with Crippen LogP contribution in [0, 0.1) is 0 Å². The van der Waals surface area contributed by atoms with Crippen LogP contribution >= 0.6 is 11.8 Å². The Morgan fingerprint density at radius 1 is 1.75 bits per heavy atom. The zero-order valence-electron chi connectivity index (χ0n) is 9.39. The molecule has 0 saturated carbocycles. The van der Waals surface area contributed by atoms with Crippen LogP contribution in [0.15, 0.2) is 12.4 Å². The number of Topliss-reactive ketones (excluding diaryl/α,β-unsaturated/α-hetero) is 1. The molecule has 2 rings (SSSR count). The summed E-state index contributed by atoms with van der Waals surface area (Å²) in [6.45, 7) is 3.55. The Morgan fingerprint density at radius 2 is 2.62 bits per heavy atom. The van der Waals surface area contributed by atoms with E-state index in [4.69, 9.17) is 4.74 Å². The average Bonchev–Trinajstić information content (AvgIpc) is 2.78. The molecule has 0 radical (unpaired) electrons. The molecule has 1 aromatic rings. The first kappa shape index (κ1) is 11.7. The number of thioether (sulfide) groups is 1. The Balaban J connectivity index is 1.90. The lowest BCUT2D eigenvalue weighted by Gasteiger charge is -2.20. The molecule has 1 aliphatic heterocycles. The molecule has 0 N–H and O–H groups in total. The fraction of sp³-hybridized carbons (Fsp3) is 0.636. The Kier molecular flexibility index (Phi) is 4.01. The fourth-order valence-electron chi connectivity index (χ4n) is 1.66. The van der Waals surface area contributed by atoms with Crippen molar-refractivity contribution in [3.63, 3.8) is 0 Å². The van der Waals surface area contributed by atoms with Gasteiger partial charge in [-0.2, -0.15) is 16.9 Å². The molecule has 1 unspecified atom stereocenters. The molecule has 2 heterocycles. The van der Waals surface area contributed by atoms with Gasteiger partial charge in [-0.1, -0.05) is 0 Å². The smallest absolute Gasteiger partial charge is 0.166 e. The number of nitrogens with zero attached hydrogens (tertiary/aromatic N) is 2. The highest BCUT2D eigenvalue weighted by Crippen LogP contribution is 2.15. The van der Waals surface area contributed by atoms with Crippen LogP contribution in [0.5, 0.6) is 0 Å². The van der Waals surface area contributed by atoms with Crippen LogP contribution in [0.3, 0.4) is 0 Å². The Hall–Kier alpha value is -0.810. The summed E-state index contributed by atoms with van der Waals surface area (Å²) < 4.78 is 7.28. The van der Waals surface area contributed by atoms with E-state index in [2.05, 4.69) is 5.10 Å². The molecule has 1 fully saturated rings. The molecule has 4 nitrogen and oxygen atoms in total. The van der Waals surface area contributed by atoms with E-state index in [9.17, 15) is 4.79 Å². The molecule has 1 saturated heterocycles. The van der Waals surface area contributed by atoms with Crippen LogP contribution in [0.1, 0.15) is 12.5 Å². The van der Waals surface area contributed by atoms with E-state index < -0.39 is 0 Å². The van der Waals surface area contributed by atoms with Crippen LogP contribution in [0.2, 0.25) is 0 Å². The van der Waals surface area contributed by atoms with Crippen LogP contribution in [0.4, 0.5) is 0 Å². The SMILES string of the molecule is CCn1cc(CC(=O)C2CSCCO2)cn1. The van der Waals surface area contributed by atoms with E-state index in [0.29, 0.717) is 13.0 Å². The number of hydrogen-bond donors (Lipinski definition) is 0. The first-order chi connectivity index (χ1) is 7.79. The maximum atomic E-state index is 11.9. The molecule has 1 aliphatic rings. The van der Waals surface area contributed by atoms with Crippen molar-refractivity contribution in [1.29, 1.82) is 0 Å². The second-order valence-electron chi connectivity index (χ2n) is 3.78. The third kappa shape index (κ3) is 2.86. The van der Waals surface area contributed by atoms with Crippen LogP contribution in [-0.4, -0.2) is 39.8 Å². The molecule has 88 valence electrons. The Morgan fingerprint density at radius 3 is 3.25 bits per heavy atom. The van der Waals surface area contributed by atoms with E-state index in [1.807, 2.05) is 17.8 Å². The van der Waals surface area contributed by atoms with Gasteiger partial charge in [-0.3, -0.25) is 9.48 Å². The number of carbonyl (C=O) groups excluding carboxylic acids is 1. The van der Waals surface area contributed by atoms with Gasteiger partial charge in [0, 0.05) is 30.7 Å². The number of aryl methyl sites for hydroxylation is 1. The topological polar surface area (TPSA) is 44.1 Å². The van der Waals surface area contributed by atoms with Crippen molar-refractivity contribution in [2.75, 3.05) is 18.1 Å². The van der Waals surface area contributed by atoms with E-state index in [-0.39, 0.29) is 11.9 Å². The minimum absolute atomic E-state index is 0.169. The number of aromatic nitrogens is 2. The molecule has 0 spiro atoms. The van der Waals surface area contributed by atoms with Crippen molar-refractivity contribution in [2.45, 2.75) is 26.0 Å². The third-order valence-corrected chi connectivity index (χ3v) is 3.56. The van der Waals surface area contributed by atoms with Crippen molar-refractivity contribution in [3.8, 4) is 0 Å². The van der Waals surface area contributed by atoms with Gasteiger partial charge in [0.2, 0.25) is 0 Å². The van der Waals surface area contributed by atoms with Crippen molar-refractivity contribution in [1.82, 2.24) is 9.78 Å².